The summed E-state index contributed by atoms with van der Waals surface area (Å²) in [6.07, 6.45) is 5.37. The Balaban J connectivity index is 1.49. The number of nitrogens with zero attached hydrogens (tertiary/aromatic N) is 3. The molecule has 0 bridgehead atoms. The number of fused-ring (bicyclic) bond motifs is 2. The van der Waals surface area contributed by atoms with E-state index in [2.05, 4.69) is 75.5 Å². The molecule has 0 radical (unpaired) electrons. The van der Waals surface area contributed by atoms with Crippen LogP contribution >= 0.6 is 11.3 Å². The summed E-state index contributed by atoms with van der Waals surface area (Å²) in [4.78, 5) is 6.38. The smallest absolute Gasteiger partial charge is 0.151 e. The van der Waals surface area contributed by atoms with Crippen molar-refractivity contribution in [2.75, 3.05) is 24.6 Å². The summed E-state index contributed by atoms with van der Waals surface area (Å²) in [6, 6.07) is 15.4. The molecule has 0 spiro atoms. The lowest BCUT2D eigenvalue weighted by Crippen LogP contribution is -2.52. The topological polar surface area (TPSA) is 31.4 Å². The number of aromatic nitrogens is 1. The Hall–Kier alpha value is -2.21. The van der Waals surface area contributed by atoms with E-state index in [1.54, 1.807) is 0 Å². The third-order valence-corrected chi connectivity index (χ3v) is 5.91. The van der Waals surface area contributed by atoms with Crippen LogP contribution in [0.5, 0.6) is 0 Å². The van der Waals surface area contributed by atoms with Crippen LogP contribution in [0, 0.1) is 0 Å². The van der Waals surface area contributed by atoms with Gasteiger partial charge in [0, 0.05) is 41.7 Å². The Morgan fingerprint density at radius 3 is 3.04 bits per heavy atom. The lowest BCUT2D eigenvalue weighted by Gasteiger charge is -2.41. The summed E-state index contributed by atoms with van der Waals surface area (Å²) < 4.78 is 0. The highest BCUT2D eigenvalue weighted by molar-refractivity contribution is 7.10. The first kappa shape index (κ1) is 15.1. The minimum atomic E-state index is 0.382. The molecule has 1 fully saturated rings. The van der Waals surface area contributed by atoms with E-state index in [4.69, 9.17) is 4.98 Å². The van der Waals surface area contributed by atoms with Crippen LogP contribution in [0.4, 0.5) is 5.82 Å². The fourth-order valence-corrected chi connectivity index (χ4v) is 4.48. The van der Waals surface area contributed by atoms with Crippen LogP contribution in [0.15, 0.2) is 60.1 Å². The molecule has 2 aliphatic heterocycles. The van der Waals surface area contributed by atoms with Crippen molar-refractivity contribution in [2.45, 2.75) is 12.5 Å². The summed E-state index contributed by atoms with van der Waals surface area (Å²) in [6.45, 7) is 2.93. The van der Waals surface area contributed by atoms with Crippen molar-refractivity contribution in [3.05, 3.63) is 70.6 Å². The van der Waals surface area contributed by atoms with Gasteiger partial charge in [0.25, 0.3) is 0 Å². The minimum Gasteiger partial charge on any atom is -0.307 e. The fraction of sp³-hybridized carbons (Fsp3) is 0.250. The zero-order chi connectivity index (χ0) is 16.6. The van der Waals surface area contributed by atoms with E-state index in [1.165, 1.54) is 15.8 Å². The Bertz CT molecular complexity index is 919. The van der Waals surface area contributed by atoms with Crippen LogP contribution in [0.25, 0.3) is 10.9 Å². The number of pyridine rings is 1. The van der Waals surface area contributed by atoms with E-state index >= 15 is 0 Å². The number of anilines is 1. The number of nitrogens with one attached hydrogen (secondary N) is 1. The number of allylic oxidation sites excluding steroid dienone is 1. The Labute approximate surface area is 151 Å². The summed E-state index contributed by atoms with van der Waals surface area (Å²) >= 11 is 1.82. The number of benzene rings is 1. The molecule has 0 aliphatic carbocycles. The molecule has 1 N–H and O–H groups in total. The van der Waals surface area contributed by atoms with Crippen molar-refractivity contribution < 1.29 is 0 Å². The lowest BCUT2D eigenvalue weighted by molar-refractivity contribution is 0.199. The van der Waals surface area contributed by atoms with Crippen LogP contribution in [0.2, 0.25) is 0 Å². The van der Waals surface area contributed by atoms with Gasteiger partial charge in [0.1, 0.15) is 0 Å². The summed E-state index contributed by atoms with van der Waals surface area (Å²) in [5.41, 5.74) is 2.36. The van der Waals surface area contributed by atoms with Crippen LogP contribution in [0.3, 0.4) is 0 Å². The van der Waals surface area contributed by atoms with Gasteiger partial charge in [-0.2, -0.15) is 0 Å². The quantitative estimate of drug-likeness (QED) is 0.765. The van der Waals surface area contributed by atoms with E-state index < -0.39 is 0 Å². The largest absolute Gasteiger partial charge is 0.307 e. The van der Waals surface area contributed by atoms with Gasteiger partial charge in [-0.25, -0.2) is 9.99 Å². The molecule has 1 unspecified atom stereocenters. The molecule has 4 nitrogen and oxygen atoms in total. The van der Waals surface area contributed by atoms with E-state index in [9.17, 15) is 0 Å². The second-order valence-corrected chi connectivity index (χ2v) is 7.51. The van der Waals surface area contributed by atoms with Gasteiger partial charge in [0.2, 0.25) is 0 Å². The number of rotatable bonds is 2. The summed E-state index contributed by atoms with van der Waals surface area (Å²) in [5, 5.41) is 11.7. The Morgan fingerprint density at radius 1 is 1.16 bits per heavy atom. The van der Waals surface area contributed by atoms with E-state index in [-0.39, 0.29) is 0 Å². The normalized spacial score (nSPS) is 20.8. The van der Waals surface area contributed by atoms with E-state index in [1.807, 2.05) is 11.3 Å². The molecule has 0 amide bonds. The highest BCUT2D eigenvalue weighted by Gasteiger charge is 2.28. The van der Waals surface area contributed by atoms with Gasteiger partial charge in [-0.05, 0) is 30.0 Å². The number of hydrazine groups is 1. The first-order valence-electron chi connectivity index (χ1n) is 8.75. The molecule has 5 rings (SSSR count). The van der Waals surface area contributed by atoms with Crippen LogP contribution in [-0.2, 0) is 6.42 Å². The maximum Gasteiger partial charge on any atom is 0.151 e. The molecule has 2 aliphatic rings. The minimum absolute atomic E-state index is 0.382. The first-order chi connectivity index (χ1) is 12.4. The Kier molecular flexibility index (Phi) is 3.77. The number of para-hydroxylation sites is 1. The number of piperazine rings is 1. The Morgan fingerprint density at radius 2 is 2.12 bits per heavy atom. The van der Waals surface area contributed by atoms with Crippen molar-refractivity contribution in [1.29, 1.82) is 0 Å². The van der Waals surface area contributed by atoms with Gasteiger partial charge in [-0.3, -0.25) is 5.01 Å². The van der Waals surface area contributed by atoms with Crippen molar-refractivity contribution in [2.24, 2.45) is 0 Å². The van der Waals surface area contributed by atoms with E-state index in [0.29, 0.717) is 6.04 Å². The third-order valence-electron chi connectivity index (χ3n) is 4.93. The monoisotopic (exact) mass is 348 g/mol. The van der Waals surface area contributed by atoms with Crippen LogP contribution in [-0.4, -0.2) is 29.6 Å². The molecule has 1 atom stereocenters. The maximum absolute atomic E-state index is 4.98. The zero-order valence-electron chi connectivity index (χ0n) is 13.9. The van der Waals surface area contributed by atoms with Gasteiger partial charge in [0.05, 0.1) is 11.6 Å². The van der Waals surface area contributed by atoms with E-state index in [0.717, 1.165) is 37.4 Å². The molecule has 25 heavy (non-hydrogen) atoms. The SMILES string of the molecule is C1=CN(N2CCNC(c3cccs3)C2)c2nc3ccccc3cc2C1. The van der Waals surface area contributed by atoms with Crippen molar-refractivity contribution >= 4 is 28.1 Å². The fourth-order valence-electron chi connectivity index (χ4n) is 3.69. The molecule has 1 saturated heterocycles. The molecule has 5 heteroatoms. The predicted octanol–water partition coefficient (Wildman–Crippen LogP) is 3.73. The first-order valence-corrected chi connectivity index (χ1v) is 9.63. The predicted molar refractivity (Wildman–Crippen MR) is 104 cm³/mol. The molecule has 2 aromatic heterocycles. The number of thiophene rings is 1. The molecule has 3 aromatic rings. The van der Waals surface area contributed by atoms with Crippen molar-refractivity contribution in [3.8, 4) is 0 Å². The number of hydrogen-bond acceptors (Lipinski definition) is 5. The zero-order valence-corrected chi connectivity index (χ0v) is 14.7. The van der Waals surface area contributed by atoms with Crippen LogP contribution in [0.1, 0.15) is 16.5 Å². The van der Waals surface area contributed by atoms with Gasteiger partial charge in [-0.15, -0.1) is 11.3 Å². The number of hydrogen-bond donors (Lipinski definition) is 1. The summed E-state index contributed by atoms with van der Waals surface area (Å²) in [7, 11) is 0. The third kappa shape index (κ3) is 2.74. The molecule has 0 saturated carbocycles. The van der Waals surface area contributed by atoms with Crippen molar-refractivity contribution in [1.82, 2.24) is 15.3 Å². The highest BCUT2D eigenvalue weighted by Crippen LogP contribution is 2.31. The summed E-state index contributed by atoms with van der Waals surface area (Å²) in [5.74, 6) is 1.08. The maximum atomic E-state index is 4.98. The van der Waals surface area contributed by atoms with Gasteiger partial charge >= 0.3 is 0 Å². The average molecular weight is 348 g/mol. The molecule has 1 aromatic carbocycles. The molecular weight excluding hydrogens is 328 g/mol. The second-order valence-electron chi connectivity index (χ2n) is 6.53. The lowest BCUT2D eigenvalue weighted by atomic mass is 10.1. The van der Waals surface area contributed by atoms with Crippen LogP contribution < -0.4 is 10.3 Å². The molecular formula is C20H20N4S. The second kappa shape index (κ2) is 6.26. The van der Waals surface area contributed by atoms with Gasteiger partial charge in [-0.1, -0.05) is 30.3 Å². The highest BCUT2D eigenvalue weighted by atomic mass is 32.1. The standard InChI is InChI=1S/C20H20N4S/c1-2-7-17-15(5-1)13-16-6-3-10-24(20(16)22-17)23-11-9-21-18(14-23)19-8-4-12-25-19/h1-5,7-8,10,12-13,18,21H,6,9,11,14H2. The molecule has 4 heterocycles. The van der Waals surface area contributed by atoms with Gasteiger partial charge in [0.15, 0.2) is 5.82 Å². The molecule has 126 valence electrons. The van der Waals surface area contributed by atoms with Crippen molar-refractivity contribution in [3.63, 3.8) is 0 Å². The van der Waals surface area contributed by atoms with Gasteiger partial charge < -0.3 is 5.32 Å². The average Bonchev–Trinajstić information content (AvgIpc) is 3.21.